The van der Waals surface area contributed by atoms with Gasteiger partial charge in [0.05, 0.1) is 9.40 Å². The van der Waals surface area contributed by atoms with E-state index in [9.17, 15) is 25.0 Å². The second-order valence-corrected chi connectivity index (χ2v) is 7.68. The summed E-state index contributed by atoms with van der Waals surface area (Å²) in [7, 11) is 0. The van der Waals surface area contributed by atoms with Gasteiger partial charge in [-0.15, -0.1) is 0 Å². The lowest BCUT2D eigenvalue weighted by molar-refractivity contribution is -0.384. The summed E-state index contributed by atoms with van der Waals surface area (Å²) in [4.78, 5) is 34.8. The summed E-state index contributed by atoms with van der Waals surface area (Å²) in [6.45, 7) is -0.211. The predicted molar refractivity (Wildman–Crippen MR) is 130 cm³/mol. The van der Waals surface area contributed by atoms with Crippen molar-refractivity contribution in [3.05, 3.63) is 98.5 Å². The van der Waals surface area contributed by atoms with E-state index in [0.717, 1.165) is 0 Å². The molecule has 9 nitrogen and oxygen atoms in total. The highest BCUT2D eigenvalue weighted by Gasteiger charge is 2.13. The Morgan fingerprint density at radius 1 is 1.03 bits per heavy atom. The van der Waals surface area contributed by atoms with E-state index in [2.05, 4.69) is 26.6 Å². The number of benzene rings is 3. The molecule has 0 spiro atoms. The van der Waals surface area contributed by atoms with Crippen LogP contribution in [-0.4, -0.2) is 23.3 Å². The van der Waals surface area contributed by atoms with Gasteiger partial charge in [-0.3, -0.25) is 19.7 Å². The zero-order valence-electron chi connectivity index (χ0n) is 17.5. The molecule has 0 atom stereocenters. The molecule has 170 valence electrons. The minimum atomic E-state index is -0.711. The van der Waals surface area contributed by atoms with Gasteiger partial charge in [0.1, 0.15) is 17.4 Å². The largest absolute Gasteiger partial charge is 0.483 e. The van der Waals surface area contributed by atoms with E-state index >= 15 is 0 Å². The number of para-hydroxylation sites is 1. The molecule has 0 aliphatic rings. The molecule has 0 fully saturated rings. The quantitative estimate of drug-likeness (QED) is 0.187. The average molecular weight is 521 g/mol. The Morgan fingerprint density at radius 2 is 1.76 bits per heavy atom. The lowest BCUT2D eigenvalue weighted by Crippen LogP contribution is -2.20. The summed E-state index contributed by atoms with van der Waals surface area (Å²) in [5, 5.41) is 25.5. The van der Waals surface area contributed by atoms with Crippen LogP contribution >= 0.6 is 15.9 Å². The van der Waals surface area contributed by atoms with E-state index in [4.69, 9.17) is 4.74 Å². The molecule has 0 saturated carbocycles. The number of hydrogen-bond donors (Lipinski definition) is 2. The highest BCUT2D eigenvalue weighted by molar-refractivity contribution is 9.10. The van der Waals surface area contributed by atoms with E-state index < -0.39 is 10.8 Å². The number of rotatable bonds is 8. The standard InChI is InChI=1S/C24H17BrN4O5/c25-21-12-16(9-10-22(21)34-15-23(30)27-18-5-2-1-3-6-18)11-17(14-26)24(31)28-19-7-4-8-20(13-19)29(32)33/h1-13H,15H2,(H,27,30)(H,28,31)/b17-11+. The maximum atomic E-state index is 12.5. The first-order valence-electron chi connectivity index (χ1n) is 9.80. The van der Waals surface area contributed by atoms with Crippen LogP contribution in [0.4, 0.5) is 17.1 Å². The fraction of sp³-hybridized carbons (Fsp3) is 0.0417. The number of nitrogens with one attached hydrogen (secondary N) is 2. The summed E-state index contributed by atoms with van der Waals surface area (Å²) in [6, 6.07) is 21.0. The molecule has 0 unspecified atom stereocenters. The minimum Gasteiger partial charge on any atom is -0.483 e. The lowest BCUT2D eigenvalue weighted by atomic mass is 10.1. The first kappa shape index (κ1) is 24.2. The van der Waals surface area contributed by atoms with Crippen LogP contribution in [0.25, 0.3) is 6.08 Å². The van der Waals surface area contributed by atoms with E-state index in [1.807, 2.05) is 12.1 Å². The van der Waals surface area contributed by atoms with Crippen LogP contribution in [0.1, 0.15) is 5.56 Å². The van der Waals surface area contributed by atoms with Gasteiger partial charge in [0, 0.05) is 23.5 Å². The van der Waals surface area contributed by atoms with Crippen molar-refractivity contribution >= 4 is 50.9 Å². The molecule has 0 radical (unpaired) electrons. The van der Waals surface area contributed by atoms with Crippen molar-refractivity contribution in [2.75, 3.05) is 17.2 Å². The number of nitro benzene ring substituents is 1. The fourth-order valence-electron chi connectivity index (χ4n) is 2.80. The molecule has 3 rings (SSSR count). The Morgan fingerprint density at radius 3 is 2.44 bits per heavy atom. The van der Waals surface area contributed by atoms with Crippen LogP contribution in [0.5, 0.6) is 5.75 Å². The molecule has 3 aromatic carbocycles. The lowest BCUT2D eigenvalue weighted by Gasteiger charge is -2.10. The summed E-state index contributed by atoms with van der Waals surface area (Å²) < 4.78 is 6.05. The van der Waals surface area contributed by atoms with Gasteiger partial charge in [0.2, 0.25) is 0 Å². The van der Waals surface area contributed by atoms with E-state index in [1.54, 1.807) is 42.5 Å². The van der Waals surface area contributed by atoms with Crippen LogP contribution in [0.15, 0.2) is 82.8 Å². The van der Waals surface area contributed by atoms with Gasteiger partial charge in [0.25, 0.3) is 17.5 Å². The van der Waals surface area contributed by atoms with Crippen LogP contribution in [0, 0.1) is 21.4 Å². The highest BCUT2D eigenvalue weighted by atomic mass is 79.9. The topological polar surface area (TPSA) is 134 Å². The van der Waals surface area contributed by atoms with Crippen molar-refractivity contribution in [3.8, 4) is 11.8 Å². The predicted octanol–water partition coefficient (Wildman–Crippen LogP) is 4.92. The first-order valence-corrected chi connectivity index (χ1v) is 10.6. The molecule has 0 heterocycles. The molecule has 0 aromatic heterocycles. The van der Waals surface area contributed by atoms with E-state index in [-0.39, 0.29) is 29.5 Å². The molecule has 0 aliphatic carbocycles. The van der Waals surface area contributed by atoms with Gasteiger partial charge >= 0.3 is 0 Å². The van der Waals surface area contributed by atoms with Crippen molar-refractivity contribution in [3.63, 3.8) is 0 Å². The third-order valence-corrected chi connectivity index (χ3v) is 4.98. The number of amides is 2. The van der Waals surface area contributed by atoms with Crippen LogP contribution in [-0.2, 0) is 9.59 Å². The molecule has 10 heteroatoms. The summed E-state index contributed by atoms with van der Waals surface area (Å²) in [5.74, 6) is -0.636. The fourth-order valence-corrected chi connectivity index (χ4v) is 3.31. The Bertz CT molecular complexity index is 1300. The second kappa shape index (κ2) is 11.4. The maximum absolute atomic E-state index is 12.5. The molecule has 34 heavy (non-hydrogen) atoms. The number of nitro groups is 1. The van der Waals surface area contributed by atoms with Gasteiger partial charge in [-0.25, -0.2) is 0 Å². The van der Waals surface area contributed by atoms with Crippen molar-refractivity contribution in [1.82, 2.24) is 0 Å². The van der Waals surface area contributed by atoms with Gasteiger partial charge in [-0.2, -0.15) is 5.26 Å². The van der Waals surface area contributed by atoms with Gasteiger partial charge in [0.15, 0.2) is 6.61 Å². The first-order chi connectivity index (χ1) is 16.4. The second-order valence-electron chi connectivity index (χ2n) is 6.82. The van der Waals surface area contributed by atoms with E-state index in [0.29, 0.717) is 21.5 Å². The molecular formula is C24H17BrN4O5. The molecule has 0 bridgehead atoms. The number of nitrogens with zero attached hydrogens (tertiary/aromatic N) is 2. The zero-order chi connectivity index (χ0) is 24.5. The van der Waals surface area contributed by atoms with Crippen LogP contribution < -0.4 is 15.4 Å². The molecule has 2 N–H and O–H groups in total. The third kappa shape index (κ3) is 6.75. The molecule has 2 amide bonds. The molecule has 0 saturated heterocycles. The smallest absolute Gasteiger partial charge is 0.271 e. The van der Waals surface area contributed by atoms with Crippen molar-refractivity contribution in [1.29, 1.82) is 5.26 Å². The van der Waals surface area contributed by atoms with Gasteiger partial charge < -0.3 is 15.4 Å². The van der Waals surface area contributed by atoms with Gasteiger partial charge in [-0.1, -0.05) is 30.3 Å². The normalized spacial score (nSPS) is 10.6. The monoisotopic (exact) mass is 520 g/mol. The van der Waals surface area contributed by atoms with Crippen molar-refractivity contribution in [2.45, 2.75) is 0 Å². The van der Waals surface area contributed by atoms with Gasteiger partial charge in [-0.05, 0) is 57.9 Å². The van der Waals surface area contributed by atoms with Crippen LogP contribution in [0.2, 0.25) is 0 Å². The Hall–Kier alpha value is -4.49. The Balaban J connectivity index is 1.65. The number of halogens is 1. The molecule has 3 aromatic rings. The number of anilines is 2. The van der Waals surface area contributed by atoms with Crippen LogP contribution in [0.3, 0.4) is 0 Å². The number of nitriles is 1. The minimum absolute atomic E-state index is 0.183. The third-order valence-electron chi connectivity index (χ3n) is 4.36. The number of hydrogen-bond acceptors (Lipinski definition) is 6. The number of non-ortho nitro benzene ring substituents is 1. The molecule has 0 aliphatic heterocycles. The highest BCUT2D eigenvalue weighted by Crippen LogP contribution is 2.27. The SMILES string of the molecule is N#C/C(=C\c1ccc(OCC(=O)Nc2ccccc2)c(Br)c1)C(=O)Nc1cccc([N+](=O)[O-])c1. The summed E-state index contributed by atoms with van der Waals surface area (Å²) in [6.07, 6.45) is 1.36. The Labute approximate surface area is 202 Å². The zero-order valence-corrected chi connectivity index (χ0v) is 19.1. The van der Waals surface area contributed by atoms with E-state index in [1.165, 1.54) is 30.3 Å². The van der Waals surface area contributed by atoms with Crippen molar-refractivity contribution < 1.29 is 19.2 Å². The number of carbonyl (C=O) groups is 2. The van der Waals surface area contributed by atoms with Crippen molar-refractivity contribution in [2.24, 2.45) is 0 Å². The summed E-state index contributed by atoms with van der Waals surface area (Å²) in [5.41, 5.74) is 0.993. The maximum Gasteiger partial charge on any atom is 0.271 e. The summed E-state index contributed by atoms with van der Waals surface area (Å²) >= 11 is 3.36. The average Bonchev–Trinajstić information content (AvgIpc) is 2.82. The molecular weight excluding hydrogens is 504 g/mol. The number of carbonyl (C=O) groups excluding carboxylic acids is 2. The Kier molecular flexibility index (Phi) is 8.10. The number of ether oxygens (including phenoxy) is 1.